The molecule has 0 saturated carbocycles. The van der Waals surface area contributed by atoms with Crippen molar-refractivity contribution in [3.63, 3.8) is 0 Å². The van der Waals surface area contributed by atoms with Gasteiger partial charge < -0.3 is 20.5 Å². The van der Waals surface area contributed by atoms with E-state index in [0.29, 0.717) is 5.96 Å². The summed E-state index contributed by atoms with van der Waals surface area (Å²) in [5.74, 6) is 0.541. The summed E-state index contributed by atoms with van der Waals surface area (Å²) in [5.41, 5.74) is 6.42. The Bertz CT molecular complexity index is 522. The lowest BCUT2D eigenvalue weighted by Gasteiger charge is -2.13. The molecule has 5 nitrogen and oxygen atoms in total. The zero-order valence-corrected chi connectivity index (χ0v) is 15.4. The zero-order chi connectivity index (χ0) is 16.8. The highest BCUT2D eigenvalue weighted by Gasteiger charge is 2.29. The van der Waals surface area contributed by atoms with Gasteiger partial charge in [0.15, 0.2) is 24.1 Å². The molecule has 1 rings (SSSR count). The molecule has 23 heavy (non-hydrogen) atoms. The molecule has 0 saturated heterocycles. The van der Waals surface area contributed by atoms with E-state index in [2.05, 4.69) is 10.3 Å². The number of benzene rings is 1. The summed E-state index contributed by atoms with van der Waals surface area (Å²) >= 11 is 0. The van der Waals surface area contributed by atoms with Gasteiger partial charge in [0, 0.05) is 6.04 Å². The minimum absolute atomic E-state index is 0. The van der Waals surface area contributed by atoms with E-state index in [0.717, 1.165) is 5.56 Å². The number of nitrogens with two attached hydrogens (primary N) is 1. The summed E-state index contributed by atoms with van der Waals surface area (Å²) in [5, 5.41) is 2.94. The molecular weight excluding hydrogens is 426 g/mol. The zero-order valence-electron chi connectivity index (χ0n) is 13.1. The van der Waals surface area contributed by atoms with Gasteiger partial charge >= 0.3 is 6.18 Å². The third kappa shape index (κ3) is 8.72. The number of hydrogen-bond acceptors (Lipinski definition) is 3. The van der Waals surface area contributed by atoms with E-state index in [4.69, 9.17) is 15.2 Å². The van der Waals surface area contributed by atoms with Crippen LogP contribution in [0.2, 0.25) is 0 Å². The van der Waals surface area contributed by atoms with Crippen LogP contribution in [0.3, 0.4) is 0 Å². The summed E-state index contributed by atoms with van der Waals surface area (Å²) in [7, 11) is 1.36. The van der Waals surface area contributed by atoms with E-state index in [1.165, 1.54) is 13.2 Å². The maximum atomic E-state index is 12.2. The highest BCUT2D eigenvalue weighted by atomic mass is 127. The van der Waals surface area contributed by atoms with E-state index in [-0.39, 0.29) is 48.1 Å². The average Bonchev–Trinajstić information content (AvgIpc) is 2.41. The lowest BCUT2D eigenvalue weighted by Crippen LogP contribution is -2.36. The standard InChI is InChI=1S/C14H20F3N3O2.HI/c1-9(2)20-13(18)19-7-10-4-5-11(12(6-10)21-3)22-8-14(15,16)17;/h4-6,9H,7-8H2,1-3H3,(H3,18,19,20);1H. The van der Waals surface area contributed by atoms with Gasteiger partial charge in [0.25, 0.3) is 0 Å². The topological polar surface area (TPSA) is 68.9 Å². The molecule has 1 aromatic rings. The molecule has 0 fully saturated rings. The number of ether oxygens (including phenoxy) is 2. The van der Waals surface area contributed by atoms with E-state index in [9.17, 15) is 13.2 Å². The van der Waals surface area contributed by atoms with Gasteiger partial charge in [-0.1, -0.05) is 6.07 Å². The van der Waals surface area contributed by atoms with E-state index in [1.54, 1.807) is 12.1 Å². The van der Waals surface area contributed by atoms with Crippen LogP contribution in [0.25, 0.3) is 0 Å². The third-order valence-corrected chi connectivity index (χ3v) is 2.49. The lowest BCUT2D eigenvalue weighted by atomic mass is 10.2. The maximum absolute atomic E-state index is 12.2. The Labute approximate surface area is 150 Å². The maximum Gasteiger partial charge on any atom is 0.422 e. The molecule has 3 N–H and O–H groups in total. The van der Waals surface area contributed by atoms with Crippen molar-refractivity contribution < 1.29 is 22.6 Å². The normalized spacial score (nSPS) is 11.9. The van der Waals surface area contributed by atoms with Crippen LogP contribution in [0, 0.1) is 0 Å². The predicted octanol–water partition coefficient (Wildman–Crippen LogP) is 3.07. The lowest BCUT2D eigenvalue weighted by molar-refractivity contribution is -0.153. The summed E-state index contributed by atoms with van der Waals surface area (Å²) in [4.78, 5) is 4.13. The number of aliphatic imine (C=N–C) groups is 1. The van der Waals surface area contributed by atoms with Crippen LogP contribution in [0.15, 0.2) is 23.2 Å². The minimum Gasteiger partial charge on any atom is -0.493 e. The molecule has 0 spiro atoms. The first-order valence-corrected chi connectivity index (χ1v) is 6.64. The van der Waals surface area contributed by atoms with E-state index >= 15 is 0 Å². The summed E-state index contributed by atoms with van der Waals surface area (Å²) < 4.78 is 46.2. The number of guanidine groups is 1. The van der Waals surface area contributed by atoms with Crippen molar-refractivity contribution in [2.24, 2.45) is 10.7 Å². The number of halogens is 4. The number of methoxy groups -OCH3 is 1. The summed E-state index contributed by atoms with van der Waals surface area (Å²) in [6.45, 7) is 2.77. The fourth-order valence-corrected chi connectivity index (χ4v) is 1.61. The van der Waals surface area contributed by atoms with Crippen LogP contribution in [0.5, 0.6) is 11.5 Å². The van der Waals surface area contributed by atoms with Crippen molar-refractivity contribution in [3.8, 4) is 11.5 Å². The number of alkyl halides is 3. The van der Waals surface area contributed by atoms with E-state index < -0.39 is 12.8 Å². The first-order chi connectivity index (χ1) is 10.2. The van der Waals surface area contributed by atoms with Gasteiger partial charge in [-0.2, -0.15) is 13.2 Å². The van der Waals surface area contributed by atoms with Gasteiger partial charge in [-0.3, -0.25) is 0 Å². The molecule has 0 amide bonds. The quantitative estimate of drug-likeness (QED) is 0.400. The highest BCUT2D eigenvalue weighted by Crippen LogP contribution is 2.30. The van der Waals surface area contributed by atoms with Crippen molar-refractivity contribution in [1.82, 2.24) is 5.32 Å². The van der Waals surface area contributed by atoms with Gasteiger partial charge in [0.2, 0.25) is 0 Å². The van der Waals surface area contributed by atoms with Gasteiger partial charge in [-0.05, 0) is 31.5 Å². The Kier molecular flexibility index (Phi) is 9.10. The minimum atomic E-state index is -4.40. The molecule has 0 aromatic heterocycles. The second kappa shape index (κ2) is 9.68. The van der Waals surface area contributed by atoms with Crippen LogP contribution >= 0.6 is 24.0 Å². The summed E-state index contributed by atoms with van der Waals surface area (Å²) in [6.07, 6.45) is -4.40. The van der Waals surface area contributed by atoms with E-state index in [1.807, 2.05) is 13.8 Å². The van der Waals surface area contributed by atoms with Crippen LogP contribution in [0.1, 0.15) is 19.4 Å². The molecule has 0 aliphatic rings. The molecule has 0 unspecified atom stereocenters. The predicted molar refractivity (Wildman–Crippen MR) is 93.6 cm³/mol. The first-order valence-electron chi connectivity index (χ1n) is 6.64. The monoisotopic (exact) mass is 447 g/mol. The van der Waals surface area contributed by atoms with Gasteiger partial charge in [0.1, 0.15) is 0 Å². The molecule has 0 bridgehead atoms. The van der Waals surface area contributed by atoms with Crippen molar-refractivity contribution in [1.29, 1.82) is 0 Å². The van der Waals surface area contributed by atoms with Crippen LogP contribution in [0.4, 0.5) is 13.2 Å². The van der Waals surface area contributed by atoms with Gasteiger partial charge in [0.05, 0.1) is 13.7 Å². The van der Waals surface area contributed by atoms with Crippen LogP contribution < -0.4 is 20.5 Å². The second-order valence-electron chi connectivity index (χ2n) is 4.89. The number of nitrogens with one attached hydrogen (secondary N) is 1. The Hall–Kier alpha value is -1.39. The smallest absolute Gasteiger partial charge is 0.422 e. The van der Waals surface area contributed by atoms with Crippen molar-refractivity contribution >= 4 is 29.9 Å². The third-order valence-electron chi connectivity index (χ3n) is 2.49. The number of rotatable bonds is 6. The molecule has 9 heteroatoms. The molecule has 0 heterocycles. The molecule has 0 atom stereocenters. The highest BCUT2D eigenvalue weighted by molar-refractivity contribution is 14.0. The van der Waals surface area contributed by atoms with Crippen molar-refractivity contribution in [3.05, 3.63) is 23.8 Å². The molecule has 0 aliphatic carbocycles. The fourth-order valence-electron chi connectivity index (χ4n) is 1.61. The Morgan fingerprint density at radius 2 is 1.96 bits per heavy atom. The SMILES string of the molecule is COc1cc(CN=C(N)NC(C)C)ccc1OCC(F)(F)F.I. The average molecular weight is 447 g/mol. The molecule has 132 valence electrons. The Morgan fingerprint density at radius 1 is 1.30 bits per heavy atom. The van der Waals surface area contributed by atoms with Gasteiger partial charge in [-0.15, -0.1) is 24.0 Å². The first kappa shape index (κ1) is 21.6. The summed E-state index contributed by atoms with van der Waals surface area (Å²) in [6, 6.07) is 4.76. The van der Waals surface area contributed by atoms with Crippen LogP contribution in [-0.4, -0.2) is 31.9 Å². The largest absolute Gasteiger partial charge is 0.493 e. The molecule has 1 aromatic carbocycles. The van der Waals surface area contributed by atoms with Gasteiger partial charge in [-0.25, -0.2) is 4.99 Å². The fraction of sp³-hybridized carbons (Fsp3) is 0.500. The Morgan fingerprint density at radius 3 is 2.48 bits per heavy atom. The molecule has 0 radical (unpaired) electrons. The molecule has 0 aliphatic heterocycles. The second-order valence-corrected chi connectivity index (χ2v) is 4.89. The number of nitrogens with zero attached hydrogens (tertiary/aromatic N) is 1. The van der Waals surface area contributed by atoms with Crippen molar-refractivity contribution in [2.75, 3.05) is 13.7 Å². The number of hydrogen-bond donors (Lipinski definition) is 2. The van der Waals surface area contributed by atoms with Crippen LogP contribution in [-0.2, 0) is 6.54 Å². The molecular formula is C14H21F3IN3O2. The Balaban J connectivity index is 0.00000484. The van der Waals surface area contributed by atoms with Crippen molar-refractivity contribution in [2.45, 2.75) is 32.6 Å².